The highest BCUT2D eigenvalue weighted by Crippen LogP contribution is 2.37. The van der Waals surface area contributed by atoms with Gasteiger partial charge in [-0.3, -0.25) is 4.79 Å². The number of carbonyl (C=O) groups excluding carboxylic acids is 2. The Labute approximate surface area is 229 Å². The molecule has 196 valence electrons. The third kappa shape index (κ3) is 6.35. The monoisotopic (exact) mass is 566 g/mol. The SMILES string of the molecule is CC(C)(C)OC(=O)C(Cl)(Cl)C(=O)Nc1cccc(-c2cc(-c3c(N4CCOCC4)ccnc3Cl)no2)c1. The van der Waals surface area contributed by atoms with Crippen molar-refractivity contribution in [3.05, 3.63) is 47.7 Å². The number of nitrogens with one attached hydrogen (secondary N) is 1. The molecule has 0 atom stereocenters. The van der Waals surface area contributed by atoms with E-state index >= 15 is 0 Å². The maximum absolute atomic E-state index is 12.7. The van der Waals surface area contributed by atoms with Crippen LogP contribution in [-0.2, 0) is 19.1 Å². The fourth-order valence-corrected chi connectivity index (χ4v) is 4.08. The molecule has 12 heteroatoms. The summed E-state index contributed by atoms with van der Waals surface area (Å²) in [4.78, 5) is 31.4. The summed E-state index contributed by atoms with van der Waals surface area (Å²) in [7, 11) is 0. The number of hydrogen-bond acceptors (Lipinski definition) is 8. The lowest BCUT2D eigenvalue weighted by Gasteiger charge is -2.30. The lowest BCUT2D eigenvalue weighted by Crippen LogP contribution is -2.44. The van der Waals surface area contributed by atoms with Crippen molar-refractivity contribution in [3.8, 4) is 22.6 Å². The Morgan fingerprint density at radius 1 is 1.11 bits per heavy atom. The molecular formula is C25H25Cl3N4O5. The number of nitrogens with zero attached hydrogens (tertiary/aromatic N) is 3. The maximum Gasteiger partial charge on any atom is 0.353 e. The Morgan fingerprint density at radius 3 is 2.54 bits per heavy atom. The van der Waals surface area contributed by atoms with Crippen LogP contribution in [0.15, 0.2) is 47.1 Å². The Hall–Kier alpha value is -2.85. The standard InChI is InChI=1S/C25H25Cl3N4O5/c1-24(2,3)36-23(34)25(27,28)22(33)30-16-6-4-5-15(13-16)19-14-17(31-37-19)20-18(7-8-29-21(20)26)32-9-11-35-12-10-32/h4-8,13-14H,9-12H2,1-3H3,(H,30,33). The van der Waals surface area contributed by atoms with Crippen molar-refractivity contribution >= 4 is 58.1 Å². The van der Waals surface area contributed by atoms with Gasteiger partial charge in [0.1, 0.15) is 16.4 Å². The van der Waals surface area contributed by atoms with Crippen LogP contribution < -0.4 is 10.2 Å². The lowest BCUT2D eigenvalue weighted by atomic mass is 10.1. The molecule has 1 aliphatic rings. The summed E-state index contributed by atoms with van der Waals surface area (Å²) in [6.45, 7) is 7.58. The molecule has 3 aromatic rings. The molecule has 4 rings (SSSR count). The number of amides is 1. The van der Waals surface area contributed by atoms with Gasteiger partial charge in [0.25, 0.3) is 10.2 Å². The van der Waals surface area contributed by atoms with Crippen LogP contribution in [0.5, 0.6) is 0 Å². The van der Waals surface area contributed by atoms with Gasteiger partial charge < -0.3 is 24.2 Å². The zero-order chi connectivity index (χ0) is 26.8. The smallest absolute Gasteiger partial charge is 0.353 e. The van der Waals surface area contributed by atoms with Gasteiger partial charge in [0.05, 0.1) is 24.5 Å². The molecular weight excluding hydrogens is 543 g/mol. The maximum atomic E-state index is 12.7. The van der Waals surface area contributed by atoms with Crippen molar-refractivity contribution in [1.82, 2.24) is 10.1 Å². The van der Waals surface area contributed by atoms with Gasteiger partial charge in [0.15, 0.2) is 5.76 Å². The fraction of sp³-hybridized carbons (Fsp3) is 0.360. The van der Waals surface area contributed by atoms with Crippen LogP contribution in [0.1, 0.15) is 20.8 Å². The van der Waals surface area contributed by atoms with Crippen molar-refractivity contribution in [1.29, 1.82) is 0 Å². The second kappa shape index (κ2) is 10.9. The van der Waals surface area contributed by atoms with E-state index in [-0.39, 0.29) is 0 Å². The molecule has 37 heavy (non-hydrogen) atoms. The molecule has 3 heterocycles. The van der Waals surface area contributed by atoms with E-state index in [9.17, 15) is 9.59 Å². The Balaban J connectivity index is 1.56. The molecule has 0 aliphatic carbocycles. The van der Waals surface area contributed by atoms with E-state index in [1.165, 1.54) is 0 Å². The number of hydrogen-bond donors (Lipinski definition) is 1. The second-order valence-electron chi connectivity index (χ2n) is 9.28. The molecule has 0 spiro atoms. The molecule has 2 aromatic heterocycles. The van der Waals surface area contributed by atoms with E-state index in [4.69, 9.17) is 48.8 Å². The second-order valence-corrected chi connectivity index (χ2v) is 11.0. The molecule has 0 saturated carbocycles. The van der Waals surface area contributed by atoms with Crippen molar-refractivity contribution in [2.75, 3.05) is 36.5 Å². The number of esters is 1. The summed E-state index contributed by atoms with van der Waals surface area (Å²) < 4.78 is 13.8. The third-order valence-electron chi connectivity index (χ3n) is 5.35. The summed E-state index contributed by atoms with van der Waals surface area (Å²) in [5.41, 5.74) is 2.12. The van der Waals surface area contributed by atoms with E-state index in [0.29, 0.717) is 59.7 Å². The molecule has 0 radical (unpaired) electrons. The quantitative estimate of drug-likeness (QED) is 0.184. The van der Waals surface area contributed by atoms with Gasteiger partial charge >= 0.3 is 5.97 Å². The summed E-state index contributed by atoms with van der Waals surface area (Å²) in [5, 5.41) is 7.06. The van der Waals surface area contributed by atoms with Gasteiger partial charge in [-0.15, -0.1) is 0 Å². The number of morpholine rings is 1. The highest BCUT2D eigenvalue weighted by molar-refractivity contribution is 6.68. The van der Waals surface area contributed by atoms with Crippen molar-refractivity contribution in [2.45, 2.75) is 30.7 Å². The Kier molecular flexibility index (Phi) is 7.99. The first-order valence-corrected chi connectivity index (χ1v) is 12.6. The van der Waals surface area contributed by atoms with Gasteiger partial charge in [-0.05, 0) is 39.0 Å². The Bertz CT molecular complexity index is 1300. The van der Waals surface area contributed by atoms with Crippen LogP contribution in [0.3, 0.4) is 0 Å². The molecule has 0 bridgehead atoms. The van der Waals surface area contributed by atoms with Gasteiger partial charge in [-0.1, -0.05) is 52.1 Å². The molecule has 1 saturated heterocycles. The fourth-order valence-electron chi connectivity index (χ4n) is 3.66. The number of carbonyl (C=O) groups is 2. The minimum atomic E-state index is -2.43. The summed E-state index contributed by atoms with van der Waals surface area (Å²) in [6, 6.07) is 10.3. The van der Waals surface area contributed by atoms with Crippen LogP contribution in [0, 0.1) is 0 Å². The van der Waals surface area contributed by atoms with Gasteiger partial charge in [0, 0.05) is 36.6 Å². The highest BCUT2D eigenvalue weighted by Gasteiger charge is 2.45. The summed E-state index contributed by atoms with van der Waals surface area (Å²) in [6.07, 6.45) is 1.65. The van der Waals surface area contributed by atoms with Crippen LogP contribution in [-0.4, -0.2) is 58.3 Å². The number of aromatic nitrogens is 2. The van der Waals surface area contributed by atoms with E-state index in [2.05, 4.69) is 20.4 Å². The molecule has 0 unspecified atom stereocenters. The van der Waals surface area contributed by atoms with E-state index in [0.717, 1.165) is 5.69 Å². The molecule has 1 N–H and O–H groups in total. The predicted molar refractivity (Wildman–Crippen MR) is 142 cm³/mol. The van der Waals surface area contributed by atoms with Crippen molar-refractivity contribution < 1.29 is 23.6 Å². The topological polar surface area (TPSA) is 107 Å². The summed E-state index contributed by atoms with van der Waals surface area (Å²) >= 11 is 18.5. The van der Waals surface area contributed by atoms with Crippen LogP contribution in [0.4, 0.5) is 11.4 Å². The van der Waals surface area contributed by atoms with E-state index in [1.807, 2.05) is 6.07 Å². The van der Waals surface area contributed by atoms with Crippen LogP contribution in [0.2, 0.25) is 5.15 Å². The number of rotatable bonds is 6. The molecule has 1 amide bonds. The van der Waals surface area contributed by atoms with Gasteiger partial charge in [0.2, 0.25) is 0 Å². The minimum Gasteiger partial charge on any atom is -0.457 e. The predicted octanol–water partition coefficient (Wildman–Crippen LogP) is 5.35. The van der Waals surface area contributed by atoms with Gasteiger partial charge in [-0.2, -0.15) is 0 Å². The van der Waals surface area contributed by atoms with E-state index < -0.39 is 21.8 Å². The average Bonchev–Trinajstić information content (AvgIpc) is 3.33. The first-order chi connectivity index (χ1) is 17.5. The van der Waals surface area contributed by atoms with Crippen molar-refractivity contribution in [3.63, 3.8) is 0 Å². The number of anilines is 2. The zero-order valence-corrected chi connectivity index (χ0v) is 22.7. The Morgan fingerprint density at radius 2 is 1.84 bits per heavy atom. The lowest BCUT2D eigenvalue weighted by molar-refractivity contribution is -0.156. The first-order valence-electron chi connectivity index (χ1n) is 11.4. The summed E-state index contributed by atoms with van der Waals surface area (Å²) in [5.74, 6) is -1.59. The largest absolute Gasteiger partial charge is 0.457 e. The van der Waals surface area contributed by atoms with Gasteiger partial charge in [-0.25, -0.2) is 9.78 Å². The first kappa shape index (κ1) is 27.2. The number of pyridine rings is 1. The molecule has 9 nitrogen and oxygen atoms in total. The minimum absolute atomic E-state index is 0.299. The van der Waals surface area contributed by atoms with Crippen molar-refractivity contribution in [2.24, 2.45) is 0 Å². The normalized spacial score (nSPS) is 14.4. The zero-order valence-electron chi connectivity index (χ0n) is 20.4. The number of alkyl halides is 2. The third-order valence-corrected chi connectivity index (χ3v) is 6.28. The molecule has 1 aliphatic heterocycles. The number of benzene rings is 1. The van der Waals surface area contributed by atoms with E-state index in [1.54, 1.807) is 57.3 Å². The molecule has 1 fully saturated rings. The highest BCUT2D eigenvalue weighted by atomic mass is 35.5. The number of halogens is 3. The average molecular weight is 568 g/mol. The number of ether oxygens (including phenoxy) is 2. The van der Waals surface area contributed by atoms with Crippen LogP contribution >= 0.6 is 34.8 Å². The molecule has 1 aromatic carbocycles. The van der Waals surface area contributed by atoms with Crippen LogP contribution in [0.25, 0.3) is 22.6 Å².